The van der Waals surface area contributed by atoms with Crippen LogP contribution in [0.4, 0.5) is 11.4 Å². The van der Waals surface area contributed by atoms with Crippen molar-refractivity contribution in [3.63, 3.8) is 0 Å². The lowest BCUT2D eigenvalue weighted by atomic mass is 10.1. The van der Waals surface area contributed by atoms with Gasteiger partial charge in [0.05, 0.1) is 12.2 Å². The molecule has 2 aromatic rings. The lowest BCUT2D eigenvalue weighted by Gasteiger charge is -2.25. The Balaban J connectivity index is 1.26. The van der Waals surface area contributed by atoms with E-state index in [0.717, 1.165) is 42.3 Å². The maximum atomic E-state index is 12.1. The second kappa shape index (κ2) is 9.17. The van der Waals surface area contributed by atoms with Crippen molar-refractivity contribution < 1.29 is 9.53 Å². The summed E-state index contributed by atoms with van der Waals surface area (Å²) >= 11 is 2.04. The first-order valence-corrected chi connectivity index (χ1v) is 10.9. The van der Waals surface area contributed by atoms with Crippen LogP contribution in [0.3, 0.4) is 0 Å². The smallest absolute Gasteiger partial charge is 0.257 e. The Hall–Kier alpha value is -2.44. The molecular weight excluding hydrogens is 370 g/mol. The number of ether oxygens (including phenoxy) is 1. The maximum absolute atomic E-state index is 12.1. The number of para-hydroxylation sites is 1. The van der Waals surface area contributed by atoms with E-state index >= 15 is 0 Å². The number of hydrogen-bond acceptors (Lipinski definition) is 5. The largest absolute Gasteiger partial charge is 0.494 e. The van der Waals surface area contributed by atoms with Gasteiger partial charge in [-0.05, 0) is 36.8 Å². The van der Waals surface area contributed by atoms with E-state index in [1.54, 1.807) is 6.20 Å². The van der Waals surface area contributed by atoms with Crippen LogP contribution in [0.15, 0.2) is 54.7 Å². The van der Waals surface area contributed by atoms with Crippen molar-refractivity contribution in [1.29, 1.82) is 0 Å². The van der Waals surface area contributed by atoms with Crippen molar-refractivity contribution in [2.24, 2.45) is 0 Å². The second-order valence-electron chi connectivity index (χ2n) is 6.88. The predicted octanol–water partition coefficient (Wildman–Crippen LogP) is 3.91. The minimum atomic E-state index is -0.0825. The number of hydrogen-bond donors (Lipinski definition) is 2. The predicted molar refractivity (Wildman–Crippen MR) is 117 cm³/mol. The fraction of sp³-hybridized carbons (Fsp3) is 0.318. The van der Waals surface area contributed by atoms with Gasteiger partial charge in [0.25, 0.3) is 5.91 Å². The highest BCUT2D eigenvalue weighted by atomic mass is 32.2. The Bertz CT molecular complexity index is 845. The zero-order valence-corrected chi connectivity index (χ0v) is 16.6. The van der Waals surface area contributed by atoms with Gasteiger partial charge in [-0.15, -0.1) is 0 Å². The number of benzene rings is 2. The van der Waals surface area contributed by atoms with E-state index in [4.69, 9.17) is 4.74 Å². The number of fused-ring (bicyclic) bond motifs is 1. The number of carbonyl (C=O) groups excluding carboxylic acids is 1. The molecule has 1 amide bonds. The molecule has 2 aromatic carbocycles. The van der Waals surface area contributed by atoms with Crippen molar-refractivity contribution >= 4 is 34.6 Å². The molecule has 28 heavy (non-hydrogen) atoms. The molecule has 0 aromatic heterocycles. The van der Waals surface area contributed by atoms with E-state index in [1.807, 2.05) is 60.3 Å². The fourth-order valence-electron chi connectivity index (χ4n) is 3.39. The molecule has 2 aliphatic heterocycles. The number of nitrogens with one attached hydrogen (secondary N) is 2. The third kappa shape index (κ3) is 4.69. The van der Waals surface area contributed by atoms with Gasteiger partial charge in [0, 0.05) is 54.3 Å². The number of nitrogens with zero attached hydrogens (tertiary/aromatic N) is 1. The Kier molecular flexibility index (Phi) is 6.19. The van der Waals surface area contributed by atoms with Crippen LogP contribution >= 0.6 is 11.8 Å². The molecule has 4 rings (SSSR count). The molecule has 146 valence electrons. The summed E-state index contributed by atoms with van der Waals surface area (Å²) in [6, 6.07) is 15.6. The van der Waals surface area contributed by atoms with E-state index in [9.17, 15) is 4.79 Å². The van der Waals surface area contributed by atoms with Crippen LogP contribution in [0, 0.1) is 0 Å². The molecule has 2 N–H and O–H groups in total. The standard InChI is InChI=1S/C22H25N3O2S/c26-22-20(19-4-1-2-5-21(19)24-22)16-23-17-6-8-18(9-7-17)27-13-3-10-25-11-14-28-15-12-25/h1-2,4-9,16,23H,3,10-15H2,(H,24,26)/b20-16+. The van der Waals surface area contributed by atoms with Crippen LogP contribution < -0.4 is 15.4 Å². The highest BCUT2D eigenvalue weighted by molar-refractivity contribution is 7.99. The van der Waals surface area contributed by atoms with Gasteiger partial charge in [-0.25, -0.2) is 0 Å². The summed E-state index contributed by atoms with van der Waals surface area (Å²) < 4.78 is 5.85. The number of anilines is 2. The number of carbonyl (C=O) groups is 1. The number of amides is 1. The molecule has 0 saturated carbocycles. The van der Waals surface area contributed by atoms with Gasteiger partial charge >= 0.3 is 0 Å². The van der Waals surface area contributed by atoms with Gasteiger partial charge in [-0.2, -0.15) is 11.8 Å². The van der Waals surface area contributed by atoms with Crippen LogP contribution in [-0.2, 0) is 4.79 Å². The Morgan fingerprint density at radius 1 is 1.11 bits per heavy atom. The summed E-state index contributed by atoms with van der Waals surface area (Å²) in [6.45, 7) is 4.24. The van der Waals surface area contributed by atoms with Gasteiger partial charge in [-0.1, -0.05) is 18.2 Å². The molecule has 0 atom stereocenters. The quantitative estimate of drug-likeness (QED) is 0.550. The zero-order valence-electron chi connectivity index (χ0n) is 15.8. The summed E-state index contributed by atoms with van der Waals surface area (Å²) in [5.41, 5.74) is 3.34. The maximum Gasteiger partial charge on any atom is 0.257 e. The SMILES string of the molecule is O=C1Nc2ccccc2/C1=C\Nc1ccc(OCCCN2CCSCC2)cc1. The monoisotopic (exact) mass is 395 g/mol. The van der Waals surface area contributed by atoms with Gasteiger partial charge in [0.15, 0.2) is 0 Å². The van der Waals surface area contributed by atoms with Gasteiger partial charge < -0.3 is 20.3 Å². The third-order valence-corrected chi connectivity index (χ3v) is 5.88. The highest BCUT2D eigenvalue weighted by Gasteiger charge is 2.23. The van der Waals surface area contributed by atoms with E-state index < -0.39 is 0 Å². The first-order chi connectivity index (χ1) is 13.8. The van der Waals surface area contributed by atoms with Crippen LogP contribution in [0.25, 0.3) is 5.57 Å². The Labute approximate surface area is 170 Å². The van der Waals surface area contributed by atoms with Crippen LogP contribution in [0.1, 0.15) is 12.0 Å². The highest BCUT2D eigenvalue weighted by Crippen LogP contribution is 2.31. The molecule has 1 saturated heterocycles. The molecule has 0 radical (unpaired) electrons. The van der Waals surface area contributed by atoms with Crippen molar-refractivity contribution in [2.45, 2.75) is 6.42 Å². The number of rotatable bonds is 7. The summed E-state index contributed by atoms with van der Waals surface area (Å²) in [4.78, 5) is 14.6. The molecule has 0 unspecified atom stereocenters. The third-order valence-electron chi connectivity index (χ3n) is 4.94. The minimum absolute atomic E-state index is 0.0825. The molecular formula is C22H25N3O2S. The lowest BCUT2D eigenvalue weighted by Crippen LogP contribution is -2.33. The van der Waals surface area contributed by atoms with Gasteiger partial charge in [0.2, 0.25) is 0 Å². The van der Waals surface area contributed by atoms with Crippen molar-refractivity contribution in [1.82, 2.24) is 4.90 Å². The van der Waals surface area contributed by atoms with Crippen LogP contribution in [0.2, 0.25) is 0 Å². The van der Waals surface area contributed by atoms with Crippen molar-refractivity contribution in [2.75, 3.05) is 48.4 Å². The molecule has 0 spiro atoms. The molecule has 5 nitrogen and oxygen atoms in total. The summed E-state index contributed by atoms with van der Waals surface area (Å²) in [7, 11) is 0. The van der Waals surface area contributed by atoms with Crippen LogP contribution in [0.5, 0.6) is 5.75 Å². The first-order valence-electron chi connectivity index (χ1n) is 9.70. The fourth-order valence-corrected chi connectivity index (χ4v) is 4.37. The van der Waals surface area contributed by atoms with E-state index in [-0.39, 0.29) is 5.91 Å². The second-order valence-corrected chi connectivity index (χ2v) is 8.11. The first kappa shape index (κ1) is 18.9. The minimum Gasteiger partial charge on any atom is -0.494 e. The lowest BCUT2D eigenvalue weighted by molar-refractivity contribution is -0.110. The van der Waals surface area contributed by atoms with Crippen molar-refractivity contribution in [3.8, 4) is 5.75 Å². The molecule has 2 aliphatic rings. The van der Waals surface area contributed by atoms with Crippen molar-refractivity contribution in [3.05, 3.63) is 60.3 Å². The topological polar surface area (TPSA) is 53.6 Å². The average molecular weight is 396 g/mol. The zero-order chi connectivity index (χ0) is 19.2. The van der Waals surface area contributed by atoms with Crippen LogP contribution in [-0.4, -0.2) is 48.6 Å². The molecule has 0 aliphatic carbocycles. The molecule has 6 heteroatoms. The summed E-state index contributed by atoms with van der Waals surface area (Å²) in [6.07, 6.45) is 2.80. The summed E-state index contributed by atoms with van der Waals surface area (Å²) in [5, 5.41) is 6.08. The molecule has 1 fully saturated rings. The Morgan fingerprint density at radius 3 is 2.71 bits per heavy atom. The molecule has 0 bridgehead atoms. The number of thioether (sulfide) groups is 1. The van der Waals surface area contributed by atoms with E-state index in [2.05, 4.69) is 15.5 Å². The Morgan fingerprint density at radius 2 is 1.89 bits per heavy atom. The van der Waals surface area contributed by atoms with Gasteiger partial charge in [0.1, 0.15) is 5.75 Å². The average Bonchev–Trinajstić information content (AvgIpc) is 3.06. The van der Waals surface area contributed by atoms with E-state index in [1.165, 1.54) is 24.6 Å². The van der Waals surface area contributed by atoms with Gasteiger partial charge in [-0.3, -0.25) is 4.79 Å². The van der Waals surface area contributed by atoms with E-state index in [0.29, 0.717) is 5.57 Å². The molecule has 2 heterocycles. The summed E-state index contributed by atoms with van der Waals surface area (Å²) in [5.74, 6) is 3.29. The normalized spacial score (nSPS) is 18.0.